The highest BCUT2D eigenvalue weighted by atomic mass is 32.2. The normalized spacial score (nSPS) is 13.4. The molecule has 0 saturated carbocycles. The van der Waals surface area contributed by atoms with E-state index in [0.29, 0.717) is 11.4 Å². The molecule has 0 unspecified atom stereocenters. The van der Waals surface area contributed by atoms with Gasteiger partial charge in [-0.15, -0.1) is 0 Å². The minimum Gasteiger partial charge on any atom is -0.389 e. The molecule has 2 N–H and O–H groups in total. The zero-order valence-corrected chi connectivity index (χ0v) is 11.6. The maximum absolute atomic E-state index is 12.3. The summed E-state index contributed by atoms with van der Waals surface area (Å²) in [6, 6.07) is 0. The summed E-state index contributed by atoms with van der Waals surface area (Å²) < 4.78 is 25.7. The lowest BCUT2D eigenvalue weighted by Gasteiger charge is -2.25. The molecule has 17 heavy (non-hydrogen) atoms. The Bertz CT molecular complexity index is 480. The number of aromatic amines is 1. The Morgan fingerprint density at radius 2 is 1.94 bits per heavy atom. The number of likely N-dealkylation sites (N-methyl/N-ethyl adjacent to an activating group) is 1. The van der Waals surface area contributed by atoms with E-state index in [9.17, 15) is 13.5 Å². The van der Waals surface area contributed by atoms with E-state index in [1.165, 1.54) is 7.05 Å². The van der Waals surface area contributed by atoms with Crippen LogP contribution in [-0.2, 0) is 10.0 Å². The van der Waals surface area contributed by atoms with Crippen molar-refractivity contribution in [1.29, 1.82) is 0 Å². The molecular weight excluding hydrogens is 242 g/mol. The Hall–Kier alpha value is -0.920. The van der Waals surface area contributed by atoms with Gasteiger partial charge in [0, 0.05) is 13.6 Å². The molecule has 0 saturated heterocycles. The molecule has 0 aliphatic carbocycles. The highest BCUT2D eigenvalue weighted by Crippen LogP contribution is 2.21. The first kappa shape index (κ1) is 14.1. The topological polar surface area (TPSA) is 86.3 Å². The van der Waals surface area contributed by atoms with E-state index in [4.69, 9.17) is 0 Å². The summed E-state index contributed by atoms with van der Waals surface area (Å²) in [5.41, 5.74) is -0.136. The summed E-state index contributed by atoms with van der Waals surface area (Å²) in [4.78, 5) is 0.184. The standard InChI is InChI=1S/C10H19N3O3S/c1-7-9(8(2)12-11-7)17(15,16)13(5)6-10(3,4)14/h14H,6H2,1-5H3,(H,11,12). The van der Waals surface area contributed by atoms with Crippen molar-refractivity contribution in [3.05, 3.63) is 11.4 Å². The molecule has 98 valence electrons. The number of nitrogens with one attached hydrogen (secondary N) is 1. The second-order valence-corrected chi connectivity index (χ2v) is 6.82. The zero-order chi connectivity index (χ0) is 13.4. The quantitative estimate of drug-likeness (QED) is 0.822. The summed E-state index contributed by atoms with van der Waals surface area (Å²) in [5, 5.41) is 16.2. The lowest BCUT2D eigenvalue weighted by molar-refractivity contribution is 0.0639. The molecule has 0 amide bonds. The van der Waals surface area contributed by atoms with Crippen LogP contribution < -0.4 is 0 Å². The maximum atomic E-state index is 12.3. The number of hydrogen-bond acceptors (Lipinski definition) is 4. The lowest BCUT2D eigenvalue weighted by Crippen LogP contribution is -2.39. The van der Waals surface area contributed by atoms with E-state index in [1.54, 1.807) is 27.7 Å². The Labute approximate surface area is 102 Å². The third-order valence-corrected chi connectivity index (χ3v) is 4.41. The van der Waals surface area contributed by atoms with E-state index in [0.717, 1.165) is 4.31 Å². The Morgan fingerprint density at radius 1 is 1.41 bits per heavy atom. The molecular formula is C10H19N3O3S. The first-order chi connectivity index (χ1) is 7.55. The number of hydrogen-bond donors (Lipinski definition) is 2. The zero-order valence-electron chi connectivity index (χ0n) is 10.8. The van der Waals surface area contributed by atoms with Gasteiger partial charge in [0.1, 0.15) is 4.90 Å². The monoisotopic (exact) mass is 261 g/mol. The van der Waals surface area contributed by atoms with E-state index < -0.39 is 15.6 Å². The van der Waals surface area contributed by atoms with Crippen LogP contribution in [0.5, 0.6) is 0 Å². The van der Waals surface area contributed by atoms with Crippen molar-refractivity contribution >= 4 is 10.0 Å². The van der Waals surface area contributed by atoms with Gasteiger partial charge in [-0.3, -0.25) is 5.10 Å². The lowest BCUT2D eigenvalue weighted by atomic mass is 10.1. The van der Waals surface area contributed by atoms with Crippen LogP contribution in [0.25, 0.3) is 0 Å². The molecule has 0 spiro atoms. The van der Waals surface area contributed by atoms with E-state index in [2.05, 4.69) is 10.2 Å². The molecule has 0 radical (unpaired) electrons. The molecule has 1 rings (SSSR count). The molecule has 0 fully saturated rings. The number of aliphatic hydroxyl groups is 1. The molecule has 0 aliphatic heterocycles. The van der Waals surface area contributed by atoms with Crippen LogP contribution in [-0.4, -0.2) is 47.2 Å². The second kappa shape index (κ2) is 4.40. The van der Waals surface area contributed by atoms with Gasteiger partial charge in [-0.2, -0.15) is 9.40 Å². The van der Waals surface area contributed by atoms with Crippen molar-refractivity contribution in [2.45, 2.75) is 38.2 Å². The van der Waals surface area contributed by atoms with Crippen molar-refractivity contribution in [2.24, 2.45) is 0 Å². The van der Waals surface area contributed by atoms with Gasteiger partial charge in [0.05, 0.1) is 17.0 Å². The summed E-state index contributed by atoms with van der Waals surface area (Å²) in [6.45, 7) is 6.45. The average Bonchev–Trinajstić information content (AvgIpc) is 2.43. The molecule has 1 aromatic heterocycles. The van der Waals surface area contributed by atoms with Gasteiger partial charge in [0.2, 0.25) is 10.0 Å². The van der Waals surface area contributed by atoms with Crippen molar-refractivity contribution in [1.82, 2.24) is 14.5 Å². The second-order valence-electron chi connectivity index (χ2n) is 4.84. The van der Waals surface area contributed by atoms with E-state index in [-0.39, 0.29) is 11.4 Å². The summed E-state index contributed by atoms with van der Waals surface area (Å²) in [5.74, 6) is 0. The third-order valence-electron chi connectivity index (χ3n) is 2.34. The van der Waals surface area contributed by atoms with Crippen molar-refractivity contribution in [3.8, 4) is 0 Å². The fourth-order valence-corrected chi connectivity index (χ4v) is 3.36. The predicted octanol–water partition coefficient (Wildman–Crippen LogP) is 0.418. The van der Waals surface area contributed by atoms with Crippen LogP contribution in [0.15, 0.2) is 4.90 Å². The van der Waals surface area contributed by atoms with Crippen LogP contribution in [0.1, 0.15) is 25.2 Å². The van der Waals surface area contributed by atoms with Crippen LogP contribution in [0, 0.1) is 13.8 Å². The largest absolute Gasteiger partial charge is 0.389 e. The number of sulfonamides is 1. The third kappa shape index (κ3) is 3.05. The molecule has 7 heteroatoms. The Kier molecular flexibility index (Phi) is 3.66. The molecule has 0 aromatic carbocycles. The first-order valence-electron chi connectivity index (χ1n) is 5.26. The fourth-order valence-electron chi connectivity index (χ4n) is 1.71. The number of rotatable bonds is 4. The van der Waals surface area contributed by atoms with Crippen LogP contribution >= 0.6 is 0 Å². The smallest absolute Gasteiger partial charge is 0.246 e. The van der Waals surface area contributed by atoms with E-state index in [1.807, 2.05) is 0 Å². The molecule has 1 aromatic rings. The summed E-state index contributed by atoms with van der Waals surface area (Å²) in [6.07, 6.45) is 0. The molecule has 0 aliphatic rings. The Morgan fingerprint density at radius 3 is 2.29 bits per heavy atom. The summed E-state index contributed by atoms with van der Waals surface area (Å²) in [7, 11) is -2.17. The fraction of sp³-hybridized carbons (Fsp3) is 0.700. The van der Waals surface area contributed by atoms with Crippen molar-refractivity contribution in [3.63, 3.8) is 0 Å². The van der Waals surface area contributed by atoms with Gasteiger partial charge in [-0.25, -0.2) is 8.42 Å². The number of aryl methyl sites for hydroxylation is 2. The SMILES string of the molecule is Cc1n[nH]c(C)c1S(=O)(=O)N(C)CC(C)(C)O. The Balaban J connectivity index is 3.13. The molecule has 0 bridgehead atoms. The molecule has 6 nitrogen and oxygen atoms in total. The summed E-state index contributed by atoms with van der Waals surface area (Å²) >= 11 is 0. The number of aromatic nitrogens is 2. The van der Waals surface area contributed by atoms with Crippen LogP contribution in [0.4, 0.5) is 0 Å². The highest BCUT2D eigenvalue weighted by molar-refractivity contribution is 7.89. The molecule has 1 heterocycles. The van der Waals surface area contributed by atoms with Gasteiger partial charge in [-0.05, 0) is 27.7 Å². The average molecular weight is 261 g/mol. The van der Waals surface area contributed by atoms with Gasteiger partial charge >= 0.3 is 0 Å². The van der Waals surface area contributed by atoms with Crippen molar-refractivity contribution in [2.75, 3.05) is 13.6 Å². The van der Waals surface area contributed by atoms with Crippen molar-refractivity contribution < 1.29 is 13.5 Å². The predicted molar refractivity (Wildman–Crippen MR) is 64.2 cm³/mol. The molecule has 0 atom stereocenters. The van der Waals surface area contributed by atoms with Gasteiger partial charge in [-0.1, -0.05) is 0 Å². The van der Waals surface area contributed by atoms with E-state index >= 15 is 0 Å². The maximum Gasteiger partial charge on any atom is 0.246 e. The number of H-pyrrole nitrogens is 1. The van der Waals surface area contributed by atoms with Gasteiger partial charge in [0.25, 0.3) is 0 Å². The minimum atomic E-state index is -3.61. The minimum absolute atomic E-state index is 0.0272. The highest BCUT2D eigenvalue weighted by Gasteiger charge is 2.30. The van der Waals surface area contributed by atoms with Gasteiger partial charge < -0.3 is 5.11 Å². The first-order valence-corrected chi connectivity index (χ1v) is 6.70. The van der Waals surface area contributed by atoms with Crippen LogP contribution in [0.3, 0.4) is 0 Å². The van der Waals surface area contributed by atoms with Crippen LogP contribution in [0.2, 0.25) is 0 Å². The van der Waals surface area contributed by atoms with Gasteiger partial charge in [0.15, 0.2) is 0 Å². The number of nitrogens with zero attached hydrogens (tertiary/aromatic N) is 2.